The number of carbonyl (C=O) groups is 3. The molecule has 0 saturated carbocycles. The van der Waals surface area contributed by atoms with E-state index in [0.29, 0.717) is 34.5 Å². The van der Waals surface area contributed by atoms with Crippen molar-refractivity contribution in [2.75, 3.05) is 19.0 Å². The number of sulfonamides is 1. The number of anilines is 1. The number of ether oxygens (including phenoxy) is 1. The molecule has 0 aliphatic carbocycles. The SMILES string of the molecule is COC(=O)c1cccc(CN(CC(C)C)C(=O)C(=O)Nc2ccc(-c3ccccc3S(N)(=O)=O)cc2)c1. The average molecular weight is 524 g/mol. The number of esters is 1. The Morgan fingerprint density at radius 1 is 0.973 bits per heavy atom. The Bertz CT molecular complexity index is 1400. The van der Waals surface area contributed by atoms with Gasteiger partial charge in [0.2, 0.25) is 10.0 Å². The summed E-state index contributed by atoms with van der Waals surface area (Å²) in [6, 6.07) is 19.4. The summed E-state index contributed by atoms with van der Waals surface area (Å²) in [6.45, 7) is 4.33. The fourth-order valence-corrected chi connectivity index (χ4v) is 4.57. The topological polar surface area (TPSA) is 136 Å². The van der Waals surface area contributed by atoms with Gasteiger partial charge in [-0.25, -0.2) is 18.4 Å². The number of carbonyl (C=O) groups excluding carboxylic acids is 3. The first kappa shape index (κ1) is 27.6. The largest absolute Gasteiger partial charge is 0.465 e. The van der Waals surface area contributed by atoms with Gasteiger partial charge in [-0.2, -0.15) is 0 Å². The first-order chi connectivity index (χ1) is 17.5. The van der Waals surface area contributed by atoms with Crippen LogP contribution in [-0.2, 0) is 30.9 Å². The normalized spacial score (nSPS) is 11.2. The fraction of sp³-hybridized carbons (Fsp3) is 0.222. The third kappa shape index (κ3) is 7.25. The van der Waals surface area contributed by atoms with Crippen LogP contribution in [0.4, 0.5) is 5.69 Å². The van der Waals surface area contributed by atoms with Crippen LogP contribution >= 0.6 is 0 Å². The molecule has 3 aromatic carbocycles. The molecule has 0 fully saturated rings. The molecule has 0 saturated heterocycles. The highest BCUT2D eigenvalue weighted by Gasteiger charge is 2.23. The predicted molar refractivity (Wildman–Crippen MR) is 140 cm³/mol. The summed E-state index contributed by atoms with van der Waals surface area (Å²) in [6.07, 6.45) is 0. The molecule has 0 radical (unpaired) electrons. The second-order valence-electron chi connectivity index (χ2n) is 8.84. The minimum Gasteiger partial charge on any atom is -0.465 e. The van der Waals surface area contributed by atoms with Gasteiger partial charge < -0.3 is 15.0 Å². The lowest BCUT2D eigenvalue weighted by molar-refractivity contribution is -0.143. The molecule has 194 valence electrons. The summed E-state index contributed by atoms with van der Waals surface area (Å²) >= 11 is 0. The maximum Gasteiger partial charge on any atom is 0.337 e. The van der Waals surface area contributed by atoms with Gasteiger partial charge in [-0.3, -0.25) is 9.59 Å². The minimum atomic E-state index is -3.92. The molecule has 9 nitrogen and oxygen atoms in total. The number of nitrogens with two attached hydrogens (primary N) is 1. The van der Waals surface area contributed by atoms with Crippen molar-refractivity contribution in [1.29, 1.82) is 0 Å². The van der Waals surface area contributed by atoms with E-state index in [0.717, 1.165) is 0 Å². The third-order valence-corrected chi connectivity index (χ3v) is 6.40. The van der Waals surface area contributed by atoms with E-state index >= 15 is 0 Å². The van der Waals surface area contributed by atoms with Crippen LogP contribution in [0.1, 0.15) is 29.8 Å². The number of rotatable bonds is 8. The van der Waals surface area contributed by atoms with E-state index in [1.54, 1.807) is 66.7 Å². The highest BCUT2D eigenvalue weighted by molar-refractivity contribution is 7.89. The minimum absolute atomic E-state index is 0.0115. The Morgan fingerprint density at radius 3 is 2.27 bits per heavy atom. The second kappa shape index (κ2) is 11.8. The van der Waals surface area contributed by atoms with E-state index < -0.39 is 27.8 Å². The average Bonchev–Trinajstić information content (AvgIpc) is 2.87. The number of benzene rings is 3. The molecule has 0 aromatic heterocycles. The van der Waals surface area contributed by atoms with Crippen LogP contribution in [0.2, 0.25) is 0 Å². The van der Waals surface area contributed by atoms with Crippen LogP contribution in [0.15, 0.2) is 77.7 Å². The molecule has 3 aromatic rings. The molecule has 2 amide bonds. The molecule has 3 rings (SSSR count). The lowest BCUT2D eigenvalue weighted by Crippen LogP contribution is -2.41. The van der Waals surface area contributed by atoms with E-state index in [4.69, 9.17) is 9.88 Å². The lowest BCUT2D eigenvalue weighted by atomic mass is 10.1. The number of hydrogen-bond acceptors (Lipinski definition) is 6. The second-order valence-corrected chi connectivity index (χ2v) is 10.4. The van der Waals surface area contributed by atoms with Crippen molar-refractivity contribution in [3.8, 4) is 11.1 Å². The van der Waals surface area contributed by atoms with Gasteiger partial charge >= 0.3 is 17.8 Å². The molecule has 0 unspecified atom stereocenters. The third-order valence-electron chi connectivity index (χ3n) is 5.44. The van der Waals surface area contributed by atoms with Crippen LogP contribution in [0, 0.1) is 5.92 Å². The Kier molecular flexibility index (Phi) is 8.80. The van der Waals surface area contributed by atoms with E-state index in [9.17, 15) is 22.8 Å². The first-order valence-corrected chi connectivity index (χ1v) is 13.0. The first-order valence-electron chi connectivity index (χ1n) is 11.5. The molecule has 37 heavy (non-hydrogen) atoms. The Morgan fingerprint density at radius 2 is 1.65 bits per heavy atom. The van der Waals surface area contributed by atoms with Crippen molar-refractivity contribution in [1.82, 2.24) is 4.90 Å². The highest BCUT2D eigenvalue weighted by Crippen LogP contribution is 2.27. The molecule has 0 heterocycles. The zero-order valence-corrected chi connectivity index (χ0v) is 21.6. The molecule has 0 spiro atoms. The maximum absolute atomic E-state index is 13.0. The van der Waals surface area contributed by atoms with Crippen molar-refractivity contribution in [2.24, 2.45) is 11.1 Å². The summed E-state index contributed by atoms with van der Waals surface area (Å²) < 4.78 is 28.6. The van der Waals surface area contributed by atoms with Crippen molar-refractivity contribution >= 4 is 33.5 Å². The predicted octanol–water partition coefficient (Wildman–Crippen LogP) is 3.41. The summed E-state index contributed by atoms with van der Waals surface area (Å²) in [5.74, 6) is -1.93. The molecule has 0 bridgehead atoms. The van der Waals surface area contributed by atoms with Gasteiger partial charge in [0.05, 0.1) is 17.6 Å². The standard InChI is InChI=1S/C27H29N3O6S/c1-18(2)16-30(17-19-7-6-8-21(15-19)27(33)36-3)26(32)25(31)29-22-13-11-20(12-14-22)23-9-4-5-10-24(23)37(28,34)35/h4-15,18H,16-17H2,1-3H3,(H,29,31)(H2,28,34,35). The Hall–Kier alpha value is -4.02. The summed E-state index contributed by atoms with van der Waals surface area (Å²) in [7, 11) is -2.63. The van der Waals surface area contributed by atoms with Crippen LogP contribution in [0.25, 0.3) is 11.1 Å². The van der Waals surface area contributed by atoms with Crippen molar-refractivity contribution < 1.29 is 27.5 Å². The molecular formula is C27H29N3O6S. The van der Waals surface area contributed by atoms with Crippen molar-refractivity contribution in [2.45, 2.75) is 25.3 Å². The lowest BCUT2D eigenvalue weighted by Gasteiger charge is -2.24. The van der Waals surface area contributed by atoms with Crippen LogP contribution in [0.3, 0.4) is 0 Å². The molecule has 3 N–H and O–H groups in total. The van der Waals surface area contributed by atoms with Gasteiger partial charge in [-0.1, -0.05) is 56.3 Å². The quantitative estimate of drug-likeness (QED) is 0.343. The number of primary sulfonamides is 1. The molecule has 0 aliphatic heterocycles. The monoisotopic (exact) mass is 523 g/mol. The fourth-order valence-electron chi connectivity index (χ4n) is 3.81. The van der Waals surface area contributed by atoms with Crippen LogP contribution in [-0.4, -0.2) is 44.8 Å². The smallest absolute Gasteiger partial charge is 0.337 e. The van der Waals surface area contributed by atoms with Gasteiger partial charge in [-0.15, -0.1) is 0 Å². The van der Waals surface area contributed by atoms with Crippen LogP contribution < -0.4 is 10.5 Å². The molecule has 0 aliphatic rings. The molecular weight excluding hydrogens is 494 g/mol. The number of nitrogens with zero attached hydrogens (tertiary/aromatic N) is 1. The number of methoxy groups -OCH3 is 1. The maximum atomic E-state index is 13.0. The van der Waals surface area contributed by atoms with E-state index in [-0.39, 0.29) is 17.4 Å². The van der Waals surface area contributed by atoms with E-state index in [1.165, 1.54) is 18.1 Å². The molecule has 10 heteroatoms. The number of nitrogens with one attached hydrogen (secondary N) is 1. The van der Waals surface area contributed by atoms with Gasteiger partial charge in [0.25, 0.3) is 0 Å². The van der Waals surface area contributed by atoms with Gasteiger partial charge in [0.15, 0.2) is 0 Å². The Labute approximate surface area is 216 Å². The summed E-state index contributed by atoms with van der Waals surface area (Å²) in [4.78, 5) is 39.1. The zero-order chi connectivity index (χ0) is 27.2. The van der Waals surface area contributed by atoms with E-state index in [2.05, 4.69) is 5.32 Å². The Balaban J connectivity index is 1.76. The van der Waals surface area contributed by atoms with Gasteiger partial charge in [0, 0.05) is 24.3 Å². The van der Waals surface area contributed by atoms with Crippen molar-refractivity contribution in [3.63, 3.8) is 0 Å². The number of amides is 2. The van der Waals surface area contributed by atoms with Crippen LogP contribution in [0.5, 0.6) is 0 Å². The summed E-state index contributed by atoms with van der Waals surface area (Å²) in [5, 5.41) is 7.92. The molecule has 0 atom stereocenters. The van der Waals surface area contributed by atoms with Gasteiger partial charge in [-0.05, 0) is 47.4 Å². The van der Waals surface area contributed by atoms with Crippen molar-refractivity contribution in [3.05, 3.63) is 83.9 Å². The van der Waals surface area contributed by atoms with E-state index in [1.807, 2.05) is 13.8 Å². The zero-order valence-electron chi connectivity index (χ0n) is 20.8. The number of hydrogen-bond donors (Lipinski definition) is 2. The summed E-state index contributed by atoms with van der Waals surface area (Å²) in [5.41, 5.74) is 2.41. The van der Waals surface area contributed by atoms with Gasteiger partial charge in [0.1, 0.15) is 0 Å². The highest BCUT2D eigenvalue weighted by atomic mass is 32.2.